The van der Waals surface area contributed by atoms with E-state index in [0.29, 0.717) is 30.0 Å². The highest BCUT2D eigenvalue weighted by Gasteiger charge is 2.19. The molecule has 0 spiro atoms. The van der Waals surface area contributed by atoms with Gasteiger partial charge in [-0.1, -0.05) is 52.3 Å². The third kappa shape index (κ3) is 3.64. The van der Waals surface area contributed by atoms with Crippen molar-refractivity contribution in [3.05, 3.63) is 96.4 Å². The molecule has 7 nitrogen and oxygen atoms in total. The third-order valence-corrected chi connectivity index (χ3v) is 5.69. The van der Waals surface area contributed by atoms with Crippen LogP contribution >= 0.6 is 15.9 Å². The normalized spacial score (nSPS) is 11.3. The fourth-order valence-electron chi connectivity index (χ4n) is 3.64. The van der Waals surface area contributed by atoms with Crippen LogP contribution in [-0.2, 0) is 33.7 Å². The van der Waals surface area contributed by atoms with Crippen LogP contribution in [0.5, 0.6) is 0 Å². The summed E-state index contributed by atoms with van der Waals surface area (Å²) in [4.78, 5) is 30.1. The number of hydrogen-bond donors (Lipinski definition) is 1. The summed E-state index contributed by atoms with van der Waals surface area (Å²) < 4.78 is 5.34. The average molecular weight is 469 g/mol. The fraction of sp³-hybridized carbons (Fsp3) is 0.227. The van der Waals surface area contributed by atoms with E-state index in [9.17, 15) is 14.7 Å². The molecular weight excluding hydrogens is 448 g/mol. The molecule has 0 fully saturated rings. The number of aliphatic hydroxyl groups is 1. The van der Waals surface area contributed by atoms with Gasteiger partial charge in [0.15, 0.2) is 11.2 Å². The summed E-state index contributed by atoms with van der Waals surface area (Å²) in [5.41, 5.74) is 2.77. The van der Waals surface area contributed by atoms with Crippen LogP contribution < -0.4 is 11.2 Å². The van der Waals surface area contributed by atoms with Crippen LogP contribution in [-0.4, -0.2) is 23.8 Å². The number of rotatable bonds is 5. The first-order chi connectivity index (χ1) is 14.4. The van der Waals surface area contributed by atoms with Crippen molar-refractivity contribution < 1.29 is 5.11 Å². The Morgan fingerprint density at radius 1 is 0.967 bits per heavy atom. The standard InChI is InChI=1S/C22H21BrN4O3/c1-25-20-19(21(29)26(2)22(25)30)27(12-15-6-4-8-17(23)10-15)18(24-20)11-14-5-3-7-16(9-14)13-28/h3-10,28H,11-13H2,1-2H3. The molecule has 0 unspecified atom stereocenters. The maximum atomic E-state index is 13.0. The molecule has 0 aliphatic rings. The fourth-order valence-corrected chi connectivity index (χ4v) is 4.08. The van der Waals surface area contributed by atoms with Crippen molar-refractivity contribution in [3.63, 3.8) is 0 Å². The van der Waals surface area contributed by atoms with Gasteiger partial charge in [-0.05, 0) is 28.8 Å². The molecule has 8 heteroatoms. The van der Waals surface area contributed by atoms with Gasteiger partial charge < -0.3 is 9.67 Å². The average Bonchev–Trinajstić information content (AvgIpc) is 3.09. The van der Waals surface area contributed by atoms with Gasteiger partial charge in [-0.2, -0.15) is 0 Å². The summed E-state index contributed by atoms with van der Waals surface area (Å²) in [6.45, 7) is 0.399. The van der Waals surface area contributed by atoms with E-state index < -0.39 is 5.69 Å². The maximum absolute atomic E-state index is 13.0. The summed E-state index contributed by atoms with van der Waals surface area (Å²) in [6, 6.07) is 15.5. The van der Waals surface area contributed by atoms with Gasteiger partial charge in [-0.3, -0.25) is 13.9 Å². The molecule has 4 rings (SSSR count). The molecule has 0 amide bonds. The highest BCUT2D eigenvalue weighted by molar-refractivity contribution is 9.10. The Morgan fingerprint density at radius 3 is 2.40 bits per heavy atom. The van der Waals surface area contributed by atoms with Crippen molar-refractivity contribution in [1.29, 1.82) is 0 Å². The predicted molar refractivity (Wildman–Crippen MR) is 119 cm³/mol. The molecule has 0 saturated heterocycles. The topological polar surface area (TPSA) is 82.1 Å². The number of fused-ring (bicyclic) bond motifs is 1. The molecule has 0 bridgehead atoms. The summed E-state index contributed by atoms with van der Waals surface area (Å²) in [6.07, 6.45) is 0.466. The number of benzene rings is 2. The van der Waals surface area contributed by atoms with E-state index >= 15 is 0 Å². The van der Waals surface area contributed by atoms with Crippen molar-refractivity contribution in [2.24, 2.45) is 14.1 Å². The molecule has 0 radical (unpaired) electrons. The predicted octanol–water partition coefficient (Wildman–Crippen LogP) is 2.33. The number of halogens is 1. The zero-order valence-corrected chi connectivity index (χ0v) is 18.3. The van der Waals surface area contributed by atoms with Gasteiger partial charge in [0.05, 0.1) is 6.61 Å². The Bertz CT molecular complexity index is 1370. The van der Waals surface area contributed by atoms with E-state index in [1.54, 1.807) is 7.05 Å². The summed E-state index contributed by atoms with van der Waals surface area (Å²) in [5, 5.41) is 9.44. The first-order valence-corrected chi connectivity index (χ1v) is 10.3. The number of hydrogen-bond acceptors (Lipinski definition) is 4. The van der Waals surface area contributed by atoms with E-state index in [-0.39, 0.29) is 12.2 Å². The molecule has 30 heavy (non-hydrogen) atoms. The molecule has 0 aliphatic heterocycles. The molecule has 0 aliphatic carbocycles. The largest absolute Gasteiger partial charge is 0.392 e. The Balaban J connectivity index is 1.93. The van der Waals surface area contributed by atoms with Crippen LogP contribution in [0.1, 0.15) is 22.5 Å². The molecule has 2 aromatic heterocycles. The highest BCUT2D eigenvalue weighted by atomic mass is 79.9. The summed E-state index contributed by atoms with van der Waals surface area (Å²) >= 11 is 3.49. The van der Waals surface area contributed by atoms with E-state index in [2.05, 4.69) is 20.9 Å². The van der Waals surface area contributed by atoms with Crippen LogP contribution in [0.4, 0.5) is 0 Å². The van der Waals surface area contributed by atoms with Gasteiger partial charge in [0, 0.05) is 31.5 Å². The van der Waals surface area contributed by atoms with Crippen LogP contribution in [0.2, 0.25) is 0 Å². The van der Waals surface area contributed by atoms with Crippen molar-refractivity contribution >= 4 is 27.1 Å². The van der Waals surface area contributed by atoms with E-state index in [0.717, 1.165) is 25.7 Å². The molecule has 1 N–H and O–H groups in total. The summed E-state index contributed by atoms with van der Waals surface area (Å²) in [7, 11) is 3.10. The van der Waals surface area contributed by atoms with Crippen LogP contribution in [0.15, 0.2) is 62.6 Å². The number of aromatic nitrogens is 4. The van der Waals surface area contributed by atoms with E-state index in [4.69, 9.17) is 0 Å². The Labute approximate surface area is 181 Å². The first-order valence-electron chi connectivity index (χ1n) is 9.47. The third-order valence-electron chi connectivity index (χ3n) is 5.19. The Morgan fingerprint density at radius 2 is 1.67 bits per heavy atom. The monoisotopic (exact) mass is 468 g/mol. The smallest absolute Gasteiger partial charge is 0.332 e. The van der Waals surface area contributed by atoms with Crippen molar-refractivity contribution in [2.75, 3.05) is 0 Å². The minimum Gasteiger partial charge on any atom is -0.392 e. The lowest BCUT2D eigenvalue weighted by Crippen LogP contribution is -2.37. The number of imidazole rings is 1. The lowest BCUT2D eigenvalue weighted by atomic mass is 10.1. The highest BCUT2D eigenvalue weighted by Crippen LogP contribution is 2.19. The van der Waals surface area contributed by atoms with Crippen molar-refractivity contribution in [1.82, 2.24) is 18.7 Å². The number of aliphatic hydroxyl groups excluding tert-OH is 1. The van der Waals surface area contributed by atoms with Crippen LogP contribution in [0.25, 0.3) is 11.2 Å². The second-order valence-electron chi connectivity index (χ2n) is 7.28. The minimum absolute atomic E-state index is 0.0443. The van der Waals surface area contributed by atoms with Crippen LogP contribution in [0, 0.1) is 0 Å². The summed E-state index contributed by atoms with van der Waals surface area (Å²) in [5.74, 6) is 0.679. The van der Waals surface area contributed by atoms with E-state index in [1.165, 1.54) is 11.6 Å². The van der Waals surface area contributed by atoms with Crippen molar-refractivity contribution in [2.45, 2.75) is 19.6 Å². The second kappa shape index (κ2) is 8.04. The number of nitrogens with zero attached hydrogens (tertiary/aromatic N) is 4. The molecule has 0 saturated carbocycles. The lowest BCUT2D eigenvalue weighted by molar-refractivity contribution is 0.281. The second-order valence-corrected chi connectivity index (χ2v) is 8.19. The van der Waals surface area contributed by atoms with Gasteiger partial charge in [0.25, 0.3) is 5.56 Å². The molecule has 154 valence electrons. The molecule has 2 aromatic carbocycles. The van der Waals surface area contributed by atoms with E-state index in [1.807, 2.05) is 53.1 Å². The van der Waals surface area contributed by atoms with Gasteiger partial charge >= 0.3 is 5.69 Å². The first kappa shape index (κ1) is 20.3. The van der Waals surface area contributed by atoms with Gasteiger partial charge in [-0.25, -0.2) is 9.78 Å². The maximum Gasteiger partial charge on any atom is 0.332 e. The minimum atomic E-state index is -0.409. The zero-order chi connectivity index (χ0) is 21.4. The zero-order valence-electron chi connectivity index (χ0n) is 16.7. The number of aryl methyl sites for hydroxylation is 1. The Kier molecular flexibility index (Phi) is 5.44. The molecule has 0 atom stereocenters. The lowest BCUT2D eigenvalue weighted by Gasteiger charge is -2.11. The Hall–Kier alpha value is -2.97. The van der Waals surface area contributed by atoms with Crippen molar-refractivity contribution in [3.8, 4) is 0 Å². The quantitative estimate of drug-likeness (QED) is 0.487. The van der Waals surface area contributed by atoms with Crippen LogP contribution in [0.3, 0.4) is 0 Å². The molecular formula is C22H21BrN4O3. The van der Waals surface area contributed by atoms with Gasteiger partial charge in [0.2, 0.25) is 0 Å². The molecule has 4 aromatic rings. The molecule has 2 heterocycles. The SMILES string of the molecule is Cn1c(=O)c2c(nc(Cc3cccc(CO)c3)n2Cc2cccc(Br)c2)n(C)c1=O. The van der Waals surface area contributed by atoms with Gasteiger partial charge in [-0.15, -0.1) is 0 Å². The van der Waals surface area contributed by atoms with Gasteiger partial charge in [0.1, 0.15) is 5.82 Å².